The molecule has 4 nitrogen and oxygen atoms in total. The Morgan fingerprint density at radius 3 is 2.58 bits per heavy atom. The quantitative estimate of drug-likeness (QED) is 0.900. The third-order valence-corrected chi connectivity index (χ3v) is 5.21. The molecule has 19 heavy (non-hydrogen) atoms. The van der Waals surface area contributed by atoms with Gasteiger partial charge in [0, 0.05) is 31.4 Å². The molecule has 1 aromatic heterocycles. The number of hydrogen-bond acceptors (Lipinski definition) is 3. The maximum atomic E-state index is 4.25. The van der Waals surface area contributed by atoms with Crippen LogP contribution >= 0.6 is 0 Å². The van der Waals surface area contributed by atoms with Gasteiger partial charge in [-0.15, -0.1) is 0 Å². The fourth-order valence-corrected chi connectivity index (χ4v) is 3.95. The average Bonchev–Trinajstić information content (AvgIpc) is 2.87. The molecule has 1 aromatic rings. The smallest absolute Gasteiger partial charge is 0.0547 e. The van der Waals surface area contributed by atoms with E-state index < -0.39 is 0 Å². The molecule has 3 rings (SSSR count). The first kappa shape index (κ1) is 13.1. The number of fused-ring (bicyclic) bond motifs is 2. The Hall–Kier alpha value is -0.870. The van der Waals surface area contributed by atoms with Crippen LogP contribution in [-0.2, 0) is 7.05 Å². The zero-order chi connectivity index (χ0) is 13.4. The predicted molar refractivity (Wildman–Crippen MR) is 76.9 cm³/mol. The lowest BCUT2D eigenvalue weighted by atomic mass is 9.91. The molecule has 0 spiro atoms. The molecule has 0 aromatic carbocycles. The Kier molecular flexibility index (Phi) is 3.63. The number of nitrogens with one attached hydrogen (secondary N) is 1. The summed E-state index contributed by atoms with van der Waals surface area (Å²) in [6.07, 6.45) is 7.45. The molecular formula is C15H26N4. The number of hydrogen-bond donors (Lipinski definition) is 1. The number of rotatable bonds is 4. The number of aromatic nitrogens is 2. The van der Waals surface area contributed by atoms with Gasteiger partial charge in [-0.3, -0.25) is 4.68 Å². The Bertz CT molecular complexity index is 414. The van der Waals surface area contributed by atoms with Gasteiger partial charge in [0.15, 0.2) is 0 Å². The predicted octanol–water partition coefficient (Wildman–Crippen LogP) is 1.94. The molecule has 0 saturated carbocycles. The Morgan fingerprint density at radius 1 is 1.32 bits per heavy atom. The number of nitrogens with zero attached hydrogens (tertiary/aromatic N) is 3. The SMILES string of the molecule is CC(NCC1CC2CCC(C1)N2C)c1ccnn1C. The van der Waals surface area contributed by atoms with Crippen LogP contribution in [0.1, 0.15) is 44.3 Å². The van der Waals surface area contributed by atoms with Crippen LogP contribution < -0.4 is 5.32 Å². The van der Waals surface area contributed by atoms with Crippen molar-refractivity contribution in [2.75, 3.05) is 13.6 Å². The highest BCUT2D eigenvalue weighted by atomic mass is 15.3. The van der Waals surface area contributed by atoms with Crippen LogP contribution in [0.25, 0.3) is 0 Å². The average molecular weight is 262 g/mol. The minimum absolute atomic E-state index is 0.393. The minimum Gasteiger partial charge on any atom is -0.309 e. The Morgan fingerprint density at radius 2 is 2.00 bits per heavy atom. The van der Waals surface area contributed by atoms with E-state index in [1.807, 2.05) is 17.9 Å². The first-order chi connectivity index (χ1) is 9.15. The van der Waals surface area contributed by atoms with Gasteiger partial charge >= 0.3 is 0 Å². The third kappa shape index (κ3) is 2.56. The van der Waals surface area contributed by atoms with Crippen LogP contribution in [0.15, 0.2) is 12.3 Å². The third-order valence-electron chi connectivity index (χ3n) is 5.21. The van der Waals surface area contributed by atoms with Crippen LogP contribution in [0.4, 0.5) is 0 Å². The highest BCUT2D eigenvalue weighted by molar-refractivity contribution is 5.05. The van der Waals surface area contributed by atoms with Gasteiger partial charge in [0.25, 0.3) is 0 Å². The summed E-state index contributed by atoms with van der Waals surface area (Å²) in [5, 5.41) is 7.95. The topological polar surface area (TPSA) is 33.1 Å². The molecule has 1 N–H and O–H groups in total. The second kappa shape index (κ2) is 5.25. The number of aryl methyl sites for hydroxylation is 1. The van der Waals surface area contributed by atoms with Gasteiger partial charge in [0.1, 0.15) is 0 Å². The second-order valence-electron chi connectivity index (χ2n) is 6.40. The maximum absolute atomic E-state index is 4.25. The van der Waals surface area contributed by atoms with Crippen molar-refractivity contribution in [3.8, 4) is 0 Å². The summed E-state index contributed by atoms with van der Waals surface area (Å²) in [7, 11) is 4.33. The van der Waals surface area contributed by atoms with E-state index in [0.717, 1.165) is 24.5 Å². The second-order valence-corrected chi connectivity index (χ2v) is 6.40. The first-order valence-electron chi connectivity index (χ1n) is 7.58. The minimum atomic E-state index is 0.393. The summed E-state index contributed by atoms with van der Waals surface area (Å²) in [5.74, 6) is 0.851. The largest absolute Gasteiger partial charge is 0.309 e. The summed E-state index contributed by atoms with van der Waals surface area (Å²) >= 11 is 0. The molecule has 2 bridgehead atoms. The van der Waals surface area contributed by atoms with E-state index in [9.17, 15) is 0 Å². The van der Waals surface area contributed by atoms with Gasteiger partial charge in [-0.05, 0) is 58.2 Å². The lowest BCUT2D eigenvalue weighted by Crippen LogP contribution is -2.42. The van der Waals surface area contributed by atoms with Gasteiger partial charge < -0.3 is 10.2 Å². The lowest BCUT2D eigenvalue weighted by Gasteiger charge is -2.36. The van der Waals surface area contributed by atoms with Crippen molar-refractivity contribution in [1.29, 1.82) is 0 Å². The molecule has 0 radical (unpaired) electrons. The molecular weight excluding hydrogens is 236 g/mol. The van der Waals surface area contributed by atoms with Gasteiger partial charge in [-0.25, -0.2) is 0 Å². The van der Waals surface area contributed by atoms with Crippen molar-refractivity contribution < 1.29 is 0 Å². The monoisotopic (exact) mass is 262 g/mol. The van der Waals surface area contributed by atoms with Gasteiger partial charge in [0.05, 0.1) is 5.69 Å². The molecule has 2 aliphatic heterocycles. The molecule has 3 unspecified atom stereocenters. The summed E-state index contributed by atoms with van der Waals surface area (Å²) in [5.41, 5.74) is 1.27. The van der Waals surface area contributed by atoms with Crippen molar-refractivity contribution in [2.24, 2.45) is 13.0 Å². The highest BCUT2D eigenvalue weighted by Gasteiger charge is 2.38. The standard InChI is InChI=1S/C15H26N4/c1-11(15-6-7-17-19(15)3)16-10-12-8-13-4-5-14(9-12)18(13)2/h6-7,11-14,16H,4-5,8-10H2,1-3H3. The zero-order valence-electron chi connectivity index (χ0n) is 12.3. The van der Waals surface area contributed by atoms with Crippen LogP contribution in [-0.4, -0.2) is 40.4 Å². The van der Waals surface area contributed by atoms with Crippen molar-refractivity contribution in [3.05, 3.63) is 18.0 Å². The molecule has 4 heteroatoms. The summed E-state index contributed by atoms with van der Waals surface area (Å²) in [4.78, 5) is 2.61. The molecule has 3 heterocycles. The molecule has 0 amide bonds. The summed E-state index contributed by atoms with van der Waals surface area (Å²) in [6, 6.07) is 4.19. The fourth-order valence-electron chi connectivity index (χ4n) is 3.95. The summed E-state index contributed by atoms with van der Waals surface area (Å²) in [6.45, 7) is 3.38. The molecule has 106 valence electrons. The lowest BCUT2D eigenvalue weighted by molar-refractivity contribution is 0.131. The maximum Gasteiger partial charge on any atom is 0.0547 e. The van der Waals surface area contributed by atoms with E-state index in [1.165, 1.54) is 31.4 Å². The van der Waals surface area contributed by atoms with Gasteiger partial charge in [-0.2, -0.15) is 5.10 Å². The Balaban J connectivity index is 1.52. The first-order valence-corrected chi connectivity index (χ1v) is 7.58. The van der Waals surface area contributed by atoms with E-state index in [2.05, 4.69) is 35.4 Å². The van der Waals surface area contributed by atoms with E-state index in [4.69, 9.17) is 0 Å². The molecule has 2 saturated heterocycles. The number of piperidine rings is 1. The molecule has 3 atom stereocenters. The normalized spacial score (nSPS) is 32.7. The van der Waals surface area contributed by atoms with Crippen molar-refractivity contribution in [2.45, 2.75) is 50.7 Å². The molecule has 2 aliphatic rings. The highest BCUT2D eigenvalue weighted by Crippen LogP contribution is 2.37. The summed E-state index contributed by atoms with van der Waals surface area (Å²) < 4.78 is 1.97. The van der Waals surface area contributed by atoms with Crippen LogP contribution in [0.3, 0.4) is 0 Å². The molecule has 0 aliphatic carbocycles. The van der Waals surface area contributed by atoms with Crippen molar-refractivity contribution in [3.63, 3.8) is 0 Å². The van der Waals surface area contributed by atoms with Crippen molar-refractivity contribution >= 4 is 0 Å². The van der Waals surface area contributed by atoms with Gasteiger partial charge in [0.2, 0.25) is 0 Å². The van der Waals surface area contributed by atoms with Crippen LogP contribution in [0.2, 0.25) is 0 Å². The zero-order valence-corrected chi connectivity index (χ0v) is 12.3. The van der Waals surface area contributed by atoms with E-state index in [-0.39, 0.29) is 0 Å². The Labute approximate surface area is 116 Å². The fraction of sp³-hybridized carbons (Fsp3) is 0.800. The molecule has 2 fully saturated rings. The van der Waals surface area contributed by atoms with Crippen molar-refractivity contribution in [1.82, 2.24) is 20.0 Å². The van der Waals surface area contributed by atoms with E-state index in [0.29, 0.717) is 6.04 Å². The van der Waals surface area contributed by atoms with Crippen LogP contribution in [0.5, 0.6) is 0 Å². The van der Waals surface area contributed by atoms with Gasteiger partial charge in [-0.1, -0.05) is 0 Å². The van der Waals surface area contributed by atoms with E-state index >= 15 is 0 Å². The van der Waals surface area contributed by atoms with E-state index in [1.54, 1.807) is 0 Å². The van der Waals surface area contributed by atoms with Crippen LogP contribution in [0, 0.1) is 5.92 Å².